The van der Waals surface area contributed by atoms with Crippen molar-refractivity contribution in [1.29, 1.82) is 0 Å². The van der Waals surface area contributed by atoms with Crippen LogP contribution in [0.15, 0.2) is 24.3 Å². The van der Waals surface area contributed by atoms with E-state index in [2.05, 4.69) is 0 Å². The topological polar surface area (TPSA) is 77.9 Å². The maximum atomic E-state index is 12.3. The highest BCUT2D eigenvalue weighted by Gasteiger charge is 2.25. The Morgan fingerprint density at radius 2 is 1.84 bits per heavy atom. The third-order valence-corrected chi connectivity index (χ3v) is 4.69. The van der Waals surface area contributed by atoms with Crippen LogP contribution in [-0.4, -0.2) is 44.4 Å². The molecule has 0 heterocycles. The third kappa shape index (κ3) is 3.68. The van der Waals surface area contributed by atoms with E-state index < -0.39 is 16.2 Å². The van der Waals surface area contributed by atoms with Crippen LogP contribution in [0.25, 0.3) is 0 Å². The molecule has 106 valence electrons. The Balaban J connectivity index is 2.94. The first-order valence-electron chi connectivity index (χ1n) is 5.74. The number of carboxylic acids is 1. The number of anilines is 1. The Morgan fingerprint density at radius 1 is 1.26 bits per heavy atom. The van der Waals surface area contributed by atoms with Crippen LogP contribution in [0.5, 0.6) is 0 Å². The first kappa shape index (κ1) is 15.5. The second-order valence-corrected chi connectivity index (χ2v) is 6.29. The van der Waals surface area contributed by atoms with Crippen molar-refractivity contribution in [2.75, 3.05) is 24.9 Å². The number of nitrogens with zero attached hydrogens (tertiary/aromatic N) is 2. The normalized spacial score (nSPS) is 11.6. The molecule has 0 aromatic heterocycles. The van der Waals surface area contributed by atoms with Crippen LogP contribution >= 0.6 is 0 Å². The molecule has 0 aliphatic heterocycles. The van der Waals surface area contributed by atoms with Gasteiger partial charge < -0.3 is 5.11 Å². The minimum absolute atomic E-state index is 0.0616. The number of rotatable bonds is 6. The Morgan fingerprint density at radius 3 is 2.37 bits per heavy atom. The molecule has 19 heavy (non-hydrogen) atoms. The summed E-state index contributed by atoms with van der Waals surface area (Å²) in [5.74, 6) is -1.03. The number of benzene rings is 1. The molecule has 0 saturated carbocycles. The monoisotopic (exact) mass is 286 g/mol. The average Bonchev–Trinajstić information content (AvgIpc) is 2.35. The summed E-state index contributed by atoms with van der Waals surface area (Å²) in [6, 6.07) is 7.11. The summed E-state index contributed by atoms with van der Waals surface area (Å²) in [5, 5.41) is 8.59. The maximum Gasteiger partial charge on any atom is 0.304 e. The number of aryl methyl sites for hydroxylation is 1. The molecule has 1 N–H and O–H groups in total. The molecule has 0 fully saturated rings. The van der Waals surface area contributed by atoms with Gasteiger partial charge in [-0.1, -0.05) is 18.2 Å². The fraction of sp³-hybridized carbons (Fsp3) is 0.417. The van der Waals surface area contributed by atoms with Gasteiger partial charge >= 0.3 is 16.2 Å². The van der Waals surface area contributed by atoms with Crippen molar-refractivity contribution in [2.24, 2.45) is 0 Å². The van der Waals surface area contributed by atoms with Gasteiger partial charge in [0.15, 0.2) is 0 Å². The van der Waals surface area contributed by atoms with Gasteiger partial charge in [0.25, 0.3) is 0 Å². The van der Waals surface area contributed by atoms with Crippen LogP contribution < -0.4 is 4.31 Å². The van der Waals surface area contributed by atoms with E-state index in [0.29, 0.717) is 5.69 Å². The van der Waals surface area contributed by atoms with Crippen LogP contribution in [-0.2, 0) is 15.0 Å². The average molecular weight is 286 g/mol. The van der Waals surface area contributed by atoms with Gasteiger partial charge in [0, 0.05) is 20.6 Å². The van der Waals surface area contributed by atoms with Crippen LogP contribution in [0.1, 0.15) is 12.0 Å². The van der Waals surface area contributed by atoms with Crippen molar-refractivity contribution in [2.45, 2.75) is 13.3 Å². The molecule has 0 aliphatic carbocycles. The lowest BCUT2D eigenvalue weighted by Crippen LogP contribution is -2.40. The smallest absolute Gasteiger partial charge is 0.304 e. The Hall–Kier alpha value is -1.60. The summed E-state index contributed by atoms with van der Waals surface area (Å²) in [6.07, 6.45) is -0.225. The Bertz CT molecular complexity index is 557. The molecule has 0 aliphatic rings. The molecule has 6 nitrogen and oxygen atoms in total. The number of carboxylic acid groups (broad SMARTS) is 1. The number of carbonyl (C=O) groups is 1. The number of hydrogen-bond donors (Lipinski definition) is 1. The van der Waals surface area contributed by atoms with E-state index in [1.807, 2.05) is 19.1 Å². The van der Waals surface area contributed by atoms with E-state index in [9.17, 15) is 13.2 Å². The zero-order valence-electron chi connectivity index (χ0n) is 11.2. The highest BCUT2D eigenvalue weighted by atomic mass is 32.2. The van der Waals surface area contributed by atoms with Crippen molar-refractivity contribution in [3.05, 3.63) is 29.8 Å². The summed E-state index contributed by atoms with van der Waals surface area (Å²) in [4.78, 5) is 10.5. The predicted molar refractivity (Wildman–Crippen MR) is 73.4 cm³/mol. The maximum absolute atomic E-state index is 12.3. The molecule has 1 aromatic carbocycles. The van der Waals surface area contributed by atoms with E-state index in [-0.39, 0.29) is 13.0 Å². The fourth-order valence-corrected chi connectivity index (χ4v) is 2.81. The number of hydrogen-bond acceptors (Lipinski definition) is 3. The summed E-state index contributed by atoms with van der Waals surface area (Å²) in [7, 11) is -0.885. The van der Waals surface area contributed by atoms with E-state index in [1.165, 1.54) is 14.1 Å². The molecule has 0 saturated heterocycles. The summed E-state index contributed by atoms with van der Waals surface area (Å²) in [6.45, 7) is 1.76. The van der Waals surface area contributed by atoms with Gasteiger partial charge in [0.05, 0.1) is 12.1 Å². The molecule has 0 amide bonds. The van der Waals surface area contributed by atoms with Crippen molar-refractivity contribution in [3.63, 3.8) is 0 Å². The second kappa shape index (κ2) is 6.03. The molecule has 1 aromatic rings. The zero-order chi connectivity index (χ0) is 14.6. The van der Waals surface area contributed by atoms with Gasteiger partial charge in [-0.15, -0.1) is 0 Å². The lowest BCUT2D eigenvalue weighted by Gasteiger charge is -2.26. The van der Waals surface area contributed by atoms with Crippen LogP contribution in [0.2, 0.25) is 0 Å². The Labute approximate surface area is 113 Å². The minimum atomic E-state index is -3.71. The van der Waals surface area contributed by atoms with Crippen molar-refractivity contribution in [1.82, 2.24) is 4.31 Å². The van der Waals surface area contributed by atoms with Gasteiger partial charge in [0.1, 0.15) is 0 Å². The van der Waals surface area contributed by atoms with Crippen molar-refractivity contribution in [3.8, 4) is 0 Å². The quantitative estimate of drug-likeness (QED) is 0.849. The first-order chi connectivity index (χ1) is 8.76. The van der Waals surface area contributed by atoms with Gasteiger partial charge in [-0.25, -0.2) is 0 Å². The van der Waals surface area contributed by atoms with Crippen LogP contribution in [0.4, 0.5) is 5.69 Å². The molecule has 0 bridgehead atoms. The second-order valence-electron chi connectivity index (χ2n) is 4.23. The van der Waals surface area contributed by atoms with Gasteiger partial charge in [-0.2, -0.15) is 12.7 Å². The van der Waals surface area contributed by atoms with E-state index in [1.54, 1.807) is 12.1 Å². The van der Waals surface area contributed by atoms with E-state index >= 15 is 0 Å². The van der Waals surface area contributed by atoms with Gasteiger partial charge in [-0.3, -0.25) is 9.10 Å². The Kier molecular flexibility index (Phi) is 4.90. The first-order valence-corrected chi connectivity index (χ1v) is 7.14. The largest absolute Gasteiger partial charge is 0.481 e. The summed E-state index contributed by atoms with van der Waals surface area (Å²) in [5.41, 5.74) is 1.41. The molecular weight excluding hydrogens is 268 g/mol. The molecule has 0 radical (unpaired) electrons. The number of para-hydroxylation sites is 1. The SMILES string of the molecule is Cc1ccccc1N(C)S(=O)(=O)N(C)CCC(=O)O. The van der Waals surface area contributed by atoms with Crippen molar-refractivity contribution < 1.29 is 18.3 Å². The molecule has 0 unspecified atom stereocenters. The van der Waals surface area contributed by atoms with Crippen molar-refractivity contribution >= 4 is 21.9 Å². The molecular formula is C12H18N2O4S. The van der Waals surface area contributed by atoms with E-state index in [4.69, 9.17) is 5.11 Å². The fourth-order valence-electron chi connectivity index (χ4n) is 1.62. The van der Waals surface area contributed by atoms with Crippen LogP contribution in [0, 0.1) is 6.92 Å². The summed E-state index contributed by atoms with van der Waals surface area (Å²) < 4.78 is 26.7. The van der Waals surface area contributed by atoms with Gasteiger partial charge in [0.2, 0.25) is 0 Å². The highest BCUT2D eigenvalue weighted by molar-refractivity contribution is 7.90. The lowest BCUT2D eigenvalue weighted by atomic mass is 10.2. The van der Waals surface area contributed by atoms with Gasteiger partial charge in [-0.05, 0) is 18.6 Å². The molecule has 1 rings (SSSR count). The molecule has 0 spiro atoms. The lowest BCUT2D eigenvalue weighted by molar-refractivity contribution is -0.137. The molecule has 0 atom stereocenters. The third-order valence-electron chi connectivity index (χ3n) is 2.84. The number of aliphatic carboxylic acids is 1. The standard InChI is InChI=1S/C12H18N2O4S/c1-10-6-4-5-7-11(10)14(3)19(17,18)13(2)9-8-12(15)16/h4-7H,8-9H2,1-3H3,(H,15,16). The zero-order valence-corrected chi connectivity index (χ0v) is 12.0. The predicted octanol–water partition coefficient (Wildman–Crippen LogP) is 1.08. The van der Waals surface area contributed by atoms with Crippen LogP contribution in [0.3, 0.4) is 0 Å². The highest BCUT2D eigenvalue weighted by Crippen LogP contribution is 2.21. The van der Waals surface area contributed by atoms with E-state index in [0.717, 1.165) is 14.2 Å². The molecule has 7 heteroatoms. The minimum Gasteiger partial charge on any atom is -0.481 e. The summed E-state index contributed by atoms with van der Waals surface area (Å²) >= 11 is 0.